The van der Waals surface area contributed by atoms with Crippen LogP contribution in [0.5, 0.6) is 11.5 Å². The van der Waals surface area contributed by atoms with E-state index in [-0.39, 0.29) is 45.6 Å². The number of ether oxygens (including phenoxy) is 4. The molecule has 2 heterocycles. The number of benzene rings is 2. The van der Waals surface area contributed by atoms with Crippen molar-refractivity contribution in [2.24, 2.45) is 0 Å². The van der Waals surface area contributed by atoms with Crippen molar-refractivity contribution >= 4 is 17.5 Å². The zero-order valence-electron chi connectivity index (χ0n) is 24.0. The van der Waals surface area contributed by atoms with E-state index in [2.05, 4.69) is 0 Å². The predicted molar refractivity (Wildman–Crippen MR) is 144 cm³/mol. The molecule has 2 aliphatic heterocycles. The second-order valence-electron chi connectivity index (χ2n) is 12.0. The minimum absolute atomic E-state index is 0.0140. The van der Waals surface area contributed by atoms with Gasteiger partial charge in [-0.1, -0.05) is 0 Å². The molecule has 42 heavy (non-hydrogen) atoms. The molecule has 1 saturated heterocycles. The first-order valence-electron chi connectivity index (χ1n) is 13.6. The van der Waals surface area contributed by atoms with Crippen LogP contribution in [0.3, 0.4) is 0 Å². The molecular formula is C30H33NO11. The molecule has 6 rings (SSSR count). The number of phenols is 1. The van der Waals surface area contributed by atoms with Gasteiger partial charge in [0.1, 0.15) is 35.2 Å². The number of fused-ring (bicyclic) bond motifs is 8. The highest BCUT2D eigenvalue weighted by Crippen LogP contribution is 2.54. The number of aliphatic hydroxyl groups is 3. The SMILES string of the molecule is COC(=O)C1c2cc3c(cc2C(OC)CC1(C)O)C(=O)c1c(O)cc2c(c1C3=O)OC1OC2(C)C(O)C(N(C)C)C1O. The average molecular weight is 584 g/mol. The molecule has 8 atom stereocenters. The summed E-state index contributed by atoms with van der Waals surface area (Å²) in [4.78, 5) is 42.7. The van der Waals surface area contributed by atoms with Crippen LogP contribution < -0.4 is 4.74 Å². The third-order valence-electron chi connectivity index (χ3n) is 9.27. The molecule has 2 aliphatic carbocycles. The fourth-order valence-corrected chi connectivity index (χ4v) is 7.12. The van der Waals surface area contributed by atoms with Gasteiger partial charge in [-0.2, -0.15) is 0 Å². The normalized spacial score (nSPS) is 34.6. The molecular weight excluding hydrogens is 550 g/mol. The minimum Gasteiger partial charge on any atom is -0.507 e. The zero-order valence-corrected chi connectivity index (χ0v) is 24.0. The minimum atomic E-state index is -1.59. The zero-order chi connectivity index (χ0) is 30.6. The van der Waals surface area contributed by atoms with Gasteiger partial charge in [0.25, 0.3) is 0 Å². The average Bonchev–Trinajstić information content (AvgIpc) is 2.93. The number of hydrogen-bond acceptors (Lipinski definition) is 12. The van der Waals surface area contributed by atoms with E-state index in [1.165, 1.54) is 39.3 Å². The molecule has 2 bridgehead atoms. The van der Waals surface area contributed by atoms with Gasteiger partial charge in [0.2, 0.25) is 6.29 Å². The second-order valence-corrected chi connectivity index (χ2v) is 12.0. The summed E-state index contributed by atoms with van der Waals surface area (Å²) in [7, 11) is 5.99. The highest BCUT2D eigenvalue weighted by Gasteiger charge is 2.59. The van der Waals surface area contributed by atoms with Crippen LogP contribution in [-0.2, 0) is 24.6 Å². The maximum Gasteiger partial charge on any atom is 0.316 e. The molecule has 0 aromatic heterocycles. The van der Waals surface area contributed by atoms with Gasteiger partial charge in [-0.25, -0.2) is 0 Å². The van der Waals surface area contributed by atoms with Crippen LogP contribution >= 0.6 is 0 Å². The lowest BCUT2D eigenvalue weighted by molar-refractivity contribution is -0.311. The van der Waals surface area contributed by atoms with Crippen molar-refractivity contribution in [3.8, 4) is 11.5 Å². The fraction of sp³-hybridized carbons (Fsp3) is 0.500. The number of ketones is 2. The first kappa shape index (κ1) is 28.7. The van der Waals surface area contributed by atoms with Crippen LogP contribution in [-0.4, -0.2) is 101 Å². The van der Waals surface area contributed by atoms with Crippen molar-refractivity contribution in [1.82, 2.24) is 4.90 Å². The van der Waals surface area contributed by atoms with E-state index in [9.17, 15) is 34.8 Å². The number of aromatic hydroxyl groups is 1. The number of carbonyl (C=O) groups is 3. The molecule has 12 nitrogen and oxygen atoms in total. The van der Waals surface area contributed by atoms with Crippen LogP contribution in [0.4, 0.5) is 0 Å². The molecule has 2 aromatic carbocycles. The number of esters is 1. The Morgan fingerprint density at radius 3 is 2.24 bits per heavy atom. The number of phenolic OH excluding ortho intramolecular Hbond substituents is 1. The van der Waals surface area contributed by atoms with Crippen molar-refractivity contribution in [3.05, 3.63) is 57.1 Å². The van der Waals surface area contributed by atoms with Gasteiger partial charge in [0, 0.05) is 30.2 Å². The summed E-state index contributed by atoms with van der Waals surface area (Å²) in [6, 6.07) is 3.29. The van der Waals surface area contributed by atoms with E-state index in [4.69, 9.17) is 18.9 Å². The summed E-state index contributed by atoms with van der Waals surface area (Å²) >= 11 is 0. The van der Waals surface area contributed by atoms with Crippen molar-refractivity contribution in [2.45, 2.75) is 68.0 Å². The van der Waals surface area contributed by atoms with Crippen molar-refractivity contribution in [2.75, 3.05) is 28.3 Å². The quantitative estimate of drug-likeness (QED) is 0.321. The van der Waals surface area contributed by atoms with Crippen molar-refractivity contribution in [1.29, 1.82) is 0 Å². The van der Waals surface area contributed by atoms with Crippen LogP contribution in [0.15, 0.2) is 18.2 Å². The highest BCUT2D eigenvalue weighted by molar-refractivity contribution is 6.30. The second kappa shape index (κ2) is 9.30. The molecule has 0 radical (unpaired) electrons. The Hall–Kier alpha value is -3.39. The summed E-state index contributed by atoms with van der Waals surface area (Å²) in [5.74, 6) is -3.84. The number of carbonyl (C=O) groups excluding carboxylic acids is 3. The lowest BCUT2D eigenvalue weighted by Crippen LogP contribution is -2.68. The number of hydrogen-bond donors (Lipinski definition) is 4. The molecule has 4 N–H and O–H groups in total. The molecule has 12 heteroatoms. The first-order valence-corrected chi connectivity index (χ1v) is 13.6. The predicted octanol–water partition coefficient (Wildman–Crippen LogP) is 0.882. The Balaban J connectivity index is 1.57. The Morgan fingerprint density at radius 1 is 1.02 bits per heavy atom. The van der Waals surface area contributed by atoms with Gasteiger partial charge >= 0.3 is 5.97 Å². The Labute approximate surface area is 241 Å². The first-order chi connectivity index (χ1) is 19.7. The van der Waals surface area contributed by atoms with Gasteiger partial charge < -0.3 is 44.3 Å². The van der Waals surface area contributed by atoms with Crippen LogP contribution in [0.1, 0.15) is 80.8 Å². The summed E-state index contributed by atoms with van der Waals surface area (Å²) in [5.41, 5.74) is -2.87. The Bertz CT molecular complexity index is 1550. The van der Waals surface area contributed by atoms with Gasteiger partial charge in [-0.05, 0) is 57.3 Å². The largest absolute Gasteiger partial charge is 0.507 e. The third kappa shape index (κ3) is 3.66. The van der Waals surface area contributed by atoms with Crippen LogP contribution in [0.2, 0.25) is 0 Å². The van der Waals surface area contributed by atoms with E-state index >= 15 is 0 Å². The highest BCUT2D eigenvalue weighted by atomic mass is 16.7. The van der Waals surface area contributed by atoms with Crippen LogP contribution in [0, 0.1) is 0 Å². The summed E-state index contributed by atoms with van der Waals surface area (Å²) < 4.78 is 22.5. The summed E-state index contributed by atoms with van der Waals surface area (Å²) in [6.45, 7) is 3.04. The number of rotatable bonds is 3. The number of nitrogens with zero attached hydrogens (tertiary/aromatic N) is 1. The van der Waals surface area contributed by atoms with Crippen LogP contribution in [0.25, 0.3) is 0 Å². The molecule has 0 spiro atoms. The number of likely N-dealkylation sites (N-methyl/N-ethyl adjacent to an activating group) is 1. The molecule has 4 aliphatic rings. The van der Waals surface area contributed by atoms with Crippen molar-refractivity contribution in [3.63, 3.8) is 0 Å². The molecule has 2 aromatic rings. The smallest absolute Gasteiger partial charge is 0.316 e. The third-order valence-corrected chi connectivity index (χ3v) is 9.27. The summed E-state index contributed by atoms with van der Waals surface area (Å²) in [6.07, 6.45) is -4.58. The summed E-state index contributed by atoms with van der Waals surface area (Å²) in [5, 5.41) is 44.7. The molecule has 1 fully saturated rings. The molecule has 8 unspecified atom stereocenters. The van der Waals surface area contributed by atoms with E-state index < -0.39 is 71.0 Å². The number of methoxy groups -OCH3 is 2. The van der Waals surface area contributed by atoms with E-state index in [0.717, 1.165) is 0 Å². The topological polar surface area (TPSA) is 172 Å². The standard InChI is InChI=1S/C30H33NO11/c1-29(38)10-17(39-5)11-7-13-14(8-12(11)20(29)27(37)40-6)23(34)19-18(22(13)33)16(32)9-15-25(19)41-28-24(35)21(31(3)4)26(36)30(15,2)42-28/h7-9,17,20-21,24,26,28,32,35-36,38H,10H2,1-6H3. The van der Waals surface area contributed by atoms with Gasteiger partial charge in [-0.3, -0.25) is 14.4 Å². The lowest BCUT2D eigenvalue weighted by Gasteiger charge is -2.53. The van der Waals surface area contributed by atoms with Gasteiger partial charge in [0.05, 0.1) is 36.0 Å². The van der Waals surface area contributed by atoms with E-state index in [1.54, 1.807) is 25.9 Å². The van der Waals surface area contributed by atoms with Crippen molar-refractivity contribution < 1.29 is 53.8 Å². The fourth-order valence-electron chi connectivity index (χ4n) is 7.12. The van der Waals surface area contributed by atoms with Gasteiger partial charge in [0.15, 0.2) is 11.6 Å². The van der Waals surface area contributed by atoms with E-state index in [1.807, 2.05) is 0 Å². The number of aliphatic hydroxyl groups excluding tert-OH is 2. The monoisotopic (exact) mass is 583 g/mol. The maximum absolute atomic E-state index is 14.3. The maximum atomic E-state index is 14.3. The van der Waals surface area contributed by atoms with E-state index in [0.29, 0.717) is 5.56 Å². The molecule has 0 amide bonds. The molecule has 224 valence electrons. The molecule has 0 saturated carbocycles. The Morgan fingerprint density at radius 2 is 1.64 bits per heavy atom. The Kier molecular flexibility index (Phi) is 6.36. The lowest BCUT2D eigenvalue weighted by atomic mass is 9.68. The van der Waals surface area contributed by atoms with Gasteiger partial charge in [-0.15, -0.1) is 0 Å².